The molecule has 0 bridgehead atoms. The fraction of sp³-hybridized carbons (Fsp3) is 0.200. The van der Waals surface area contributed by atoms with Crippen molar-refractivity contribution in [1.29, 1.82) is 0 Å². The second-order valence-corrected chi connectivity index (χ2v) is 2.04. The van der Waals surface area contributed by atoms with E-state index in [2.05, 4.69) is 10.1 Å². The number of oxime groups is 1. The smallest absolute Gasteiger partial charge is 0.358 e. The van der Waals surface area contributed by atoms with Crippen molar-refractivity contribution >= 4 is 5.84 Å². The molecule has 0 saturated heterocycles. The molecule has 1 rings (SSSR count). The Bertz CT molecular complexity index is 329. The Hall–Kier alpha value is -1.92. The molecule has 0 aliphatic rings. The van der Waals surface area contributed by atoms with Gasteiger partial charge in [0.2, 0.25) is 5.82 Å². The minimum absolute atomic E-state index is 0.0162. The third-order valence-corrected chi connectivity index (χ3v) is 1.29. The van der Waals surface area contributed by atoms with E-state index in [1.54, 1.807) is 7.05 Å². The number of nitrogens with zero attached hydrogens (tertiary/aromatic N) is 4. The predicted molar refractivity (Wildman–Crippen MR) is 38.5 cm³/mol. The molecule has 0 spiro atoms. The summed E-state index contributed by atoms with van der Waals surface area (Å²) in [5, 5.41) is 21.1. The van der Waals surface area contributed by atoms with Crippen molar-refractivity contribution in [3.63, 3.8) is 0 Å². The summed E-state index contributed by atoms with van der Waals surface area (Å²) in [6, 6.07) is 0. The van der Waals surface area contributed by atoms with E-state index < -0.39 is 10.8 Å². The zero-order valence-corrected chi connectivity index (χ0v) is 6.21. The summed E-state index contributed by atoms with van der Waals surface area (Å²) in [6.07, 6.45) is 2.90. The zero-order valence-electron chi connectivity index (χ0n) is 6.21. The number of amidine groups is 1. The summed E-state index contributed by atoms with van der Waals surface area (Å²) in [5.41, 5.74) is 0. The van der Waals surface area contributed by atoms with Gasteiger partial charge in [0.25, 0.3) is 0 Å². The van der Waals surface area contributed by atoms with E-state index in [0.29, 0.717) is 0 Å². The Morgan fingerprint density at radius 2 is 2.58 bits per heavy atom. The van der Waals surface area contributed by atoms with E-state index in [1.165, 1.54) is 17.0 Å². The van der Waals surface area contributed by atoms with Crippen LogP contribution < -0.4 is 0 Å². The minimum atomic E-state index is -0.803. The number of imidazole rings is 1. The van der Waals surface area contributed by atoms with E-state index in [1.807, 2.05) is 0 Å². The van der Waals surface area contributed by atoms with Crippen LogP contribution in [0.2, 0.25) is 0 Å². The minimum Gasteiger partial charge on any atom is -0.358 e. The molecule has 7 heteroatoms. The van der Waals surface area contributed by atoms with Gasteiger partial charge in [-0.05, 0) is 4.92 Å². The van der Waals surface area contributed by atoms with Gasteiger partial charge in [-0.25, -0.2) is 4.98 Å². The topological polar surface area (TPSA) is 93.5 Å². The third-order valence-electron chi connectivity index (χ3n) is 1.29. The number of aromatic nitrogens is 2. The van der Waals surface area contributed by atoms with Crippen LogP contribution in [0.5, 0.6) is 0 Å². The first-order valence-electron chi connectivity index (χ1n) is 3.01. The normalized spacial score (nSPS) is 11.6. The average Bonchev–Trinajstić information content (AvgIpc) is 2.38. The summed E-state index contributed by atoms with van der Waals surface area (Å²) in [5.74, 6) is -0.648. The SMILES string of the molecule is Cn1ccnc1/C(=N/O)[N+](=O)[O-]. The van der Waals surface area contributed by atoms with E-state index in [-0.39, 0.29) is 5.82 Å². The van der Waals surface area contributed by atoms with E-state index >= 15 is 0 Å². The van der Waals surface area contributed by atoms with Crippen molar-refractivity contribution in [2.45, 2.75) is 0 Å². The Labute approximate surface area is 67.1 Å². The number of hydrogen-bond acceptors (Lipinski definition) is 5. The van der Waals surface area contributed by atoms with Gasteiger partial charge >= 0.3 is 5.84 Å². The van der Waals surface area contributed by atoms with E-state index in [4.69, 9.17) is 5.21 Å². The lowest BCUT2D eigenvalue weighted by atomic mass is 10.5. The summed E-state index contributed by atoms with van der Waals surface area (Å²) in [6.45, 7) is 0. The monoisotopic (exact) mass is 170 g/mol. The van der Waals surface area contributed by atoms with Crippen LogP contribution in [0.15, 0.2) is 17.5 Å². The summed E-state index contributed by atoms with van der Waals surface area (Å²) < 4.78 is 1.39. The fourth-order valence-corrected chi connectivity index (χ4v) is 0.744. The lowest BCUT2D eigenvalue weighted by Crippen LogP contribution is -2.17. The number of aryl methyl sites for hydroxylation is 1. The lowest BCUT2D eigenvalue weighted by molar-refractivity contribution is -0.351. The number of nitro groups is 1. The molecular weight excluding hydrogens is 164 g/mol. The first kappa shape index (κ1) is 8.18. The maximum Gasteiger partial charge on any atom is 0.452 e. The third kappa shape index (κ3) is 1.24. The fourth-order valence-electron chi connectivity index (χ4n) is 0.744. The predicted octanol–water partition coefficient (Wildman–Crippen LogP) is -0.167. The van der Waals surface area contributed by atoms with Crippen LogP contribution in [0.4, 0.5) is 0 Å². The van der Waals surface area contributed by atoms with Gasteiger partial charge in [0, 0.05) is 19.4 Å². The molecule has 1 N–H and O–H groups in total. The summed E-state index contributed by atoms with van der Waals surface area (Å²) >= 11 is 0. The molecule has 0 amide bonds. The quantitative estimate of drug-likeness (QED) is 0.208. The molecule has 0 atom stereocenters. The van der Waals surface area contributed by atoms with Crippen molar-refractivity contribution in [1.82, 2.24) is 9.55 Å². The van der Waals surface area contributed by atoms with Crippen LogP contribution in [-0.4, -0.2) is 25.5 Å². The maximum absolute atomic E-state index is 10.2. The average molecular weight is 170 g/mol. The van der Waals surface area contributed by atoms with Crippen LogP contribution >= 0.6 is 0 Å². The highest BCUT2D eigenvalue weighted by Gasteiger charge is 2.21. The van der Waals surface area contributed by atoms with Crippen molar-refractivity contribution in [2.24, 2.45) is 12.2 Å². The Morgan fingerprint density at radius 3 is 2.92 bits per heavy atom. The van der Waals surface area contributed by atoms with Gasteiger partial charge in [-0.2, -0.15) is 0 Å². The molecule has 7 nitrogen and oxygen atoms in total. The van der Waals surface area contributed by atoms with Crippen LogP contribution in [-0.2, 0) is 7.05 Å². The molecule has 0 fully saturated rings. The Morgan fingerprint density at radius 1 is 1.92 bits per heavy atom. The highest BCUT2D eigenvalue weighted by molar-refractivity contribution is 5.88. The molecule has 0 aliphatic carbocycles. The standard InChI is InChI=1S/C5H6N4O3/c1-8-3-2-6-4(8)5(7-10)9(11)12/h2-3,10H,1H3/b7-5-. The second kappa shape index (κ2) is 2.99. The molecule has 0 saturated carbocycles. The van der Waals surface area contributed by atoms with Crippen molar-refractivity contribution in [2.75, 3.05) is 0 Å². The molecule has 1 aromatic rings. The Kier molecular flexibility index (Phi) is 2.04. The van der Waals surface area contributed by atoms with Gasteiger partial charge in [0.15, 0.2) is 5.16 Å². The molecular formula is C5H6N4O3. The van der Waals surface area contributed by atoms with Gasteiger partial charge in [0.05, 0.1) is 0 Å². The summed E-state index contributed by atoms with van der Waals surface area (Å²) in [4.78, 5) is 13.1. The van der Waals surface area contributed by atoms with E-state index in [9.17, 15) is 10.1 Å². The molecule has 0 radical (unpaired) electrons. The molecule has 1 aromatic heterocycles. The second-order valence-electron chi connectivity index (χ2n) is 2.04. The van der Waals surface area contributed by atoms with E-state index in [0.717, 1.165) is 0 Å². The number of hydrogen-bond donors (Lipinski definition) is 1. The molecule has 1 heterocycles. The molecule has 0 aliphatic heterocycles. The molecule has 12 heavy (non-hydrogen) atoms. The Balaban J connectivity index is 3.13. The summed E-state index contributed by atoms with van der Waals surface area (Å²) in [7, 11) is 1.57. The van der Waals surface area contributed by atoms with Crippen LogP contribution in [0.1, 0.15) is 5.82 Å². The van der Waals surface area contributed by atoms with Gasteiger partial charge in [0.1, 0.15) is 0 Å². The van der Waals surface area contributed by atoms with Crippen molar-refractivity contribution < 1.29 is 10.1 Å². The van der Waals surface area contributed by atoms with Crippen molar-refractivity contribution in [3.05, 3.63) is 28.3 Å². The highest BCUT2D eigenvalue weighted by atomic mass is 16.6. The van der Waals surface area contributed by atoms with Gasteiger partial charge in [-0.3, -0.25) is 0 Å². The van der Waals surface area contributed by atoms with Crippen LogP contribution in [0.25, 0.3) is 0 Å². The van der Waals surface area contributed by atoms with Crippen molar-refractivity contribution in [3.8, 4) is 0 Å². The zero-order chi connectivity index (χ0) is 9.14. The van der Waals surface area contributed by atoms with Gasteiger partial charge < -0.3 is 19.9 Å². The molecule has 64 valence electrons. The van der Waals surface area contributed by atoms with Crippen LogP contribution in [0.3, 0.4) is 0 Å². The largest absolute Gasteiger partial charge is 0.452 e. The molecule has 0 unspecified atom stereocenters. The maximum atomic E-state index is 10.2. The first-order valence-corrected chi connectivity index (χ1v) is 3.01. The molecule has 0 aromatic carbocycles. The van der Waals surface area contributed by atoms with Gasteiger partial charge in [-0.15, -0.1) is 0 Å². The van der Waals surface area contributed by atoms with Crippen LogP contribution in [0, 0.1) is 10.1 Å². The first-order chi connectivity index (χ1) is 5.66. The van der Waals surface area contributed by atoms with Gasteiger partial charge in [-0.1, -0.05) is 0 Å². The lowest BCUT2D eigenvalue weighted by Gasteiger charge is -1.95. The number of rotatable bonds is 1. The highest BCUT2D eigenvalue weighted by Crippen LogP contribution is 1.97.